The van der Waals surface area contributed by atoms with Crippen LogP contribution in [-0.2, 0) is 22.1 Å². The predicted molar refractivity (Wildman–Crippen MR) is 192 cm³/mol. The van der Waals surface area contributed by atoms with Gasteiger partial charge in [-0.3, -0.25) is 9.80 Å². The third-order valence-corrected chi connectivity index (χ3v) is 19.9. The molecule has 2 heterocycles. The zero-order valence-corrected chi connectivity index (χ0v) is 34.6. The molecule has 2 aliphatic rings. The maximum absolute atomic E-state index is 6.05. The Morgan fingerprint density at radius 2 is 0.860 bits per heavy atom. The highest BCUT2D eigenvalue weighted by atomic mass is 28.4. The van der Waals surface area contributed by atoms with Gasteiger partial charge >= 0.3 is 17.4 Å². The Morgan fingerprint density at radius 1 is 0.488 bits per heavy atom. The molecule has 0 amide bonds. The van der Waals surface area contributed by atoms with E-state index in [0.29, 0.717) is 19.8 Å². The minimum absolute atomic E-state index is 0.666. The smallest absolute Gasteiger partial charge is 0.394 e. The molecule has 2 rings (SSSR count). The molecular formula is C30H72N4O5Si4. The van der Waals surface area contributed by atoms with Crippen LogP contribution in [-0.4, -0.2) is 138 Å². The van der Waals surface area contributed by atoms with Crippen molar-refractivity contribution in [3.63, 3.8) is 0 Å². The van der Waals surface area contributed by atoms with Crippen LogP contribution in [0.1, 0.15) is 54.4 Å². The molecule has 2 fully saturated rings. The standard InChI is InChI=1S/C15H36N2O3Si2.C15H36N2O2Si2/c1-7-18-22(19-8-2,20-9-3)14-10-11-16-12-13-17(15-16)21(4,5)6;1-7-18-21(9-3,19-8-2)14-10-11-16-12-13-17(15-16)20(4,5)6/h7-15H2,1-6H3;7-15H2,1-6H3. The Hall–Kier alpha value is 0.508. The van der Waals surface area contributed by atoms with Gasteiger partial charge in [0.15, 0.2) is 0 Å². The van der Waals surface area contributed by atoms with Gasteiger partial charge in [0.1, 0.15) is 16.5 Å². The van der Waals surface area contributed by atoms with Crippen molar-refractivity contribution >= 4 is 33.8 Å². The van der Waals surface area contributed by atoms with Gasteiger partial charge in [0.05, 0.1) is 0 Å². The fraction of sp³-hybridized carbons (Fsp3) is 1.00. The third kappa shape index (κ3) is 15.3. The van der Waals surface area contributed by atoms with Crippen LogP contribution in [0.3, 0.4) is 0 Å². The summed E-state index contributed by atoms with van der Waals surface area (Å²) in [5.41, 5.74) is 0. The lowest BCUT2D eigenvalue weighted by molar-refractivity contribution is 0.0700. The Morgan fingerprint density at radius 3 is 1.16 bits per heavy atom. The molecule has 0 aromatic heterocycles. The first kappa shape index (κ1) is 41.5. The summed E-state index contributed by atoms with van der Waals surface area (Å²) in [6.07, 6.45) is 2.30. The van der Waals surface area contributed by atoms with Gasteiger partial charge in [0.2, 0.25) is 0 Å². The van der Waals surface area contributed by atoms with Gasteiger partial charge in [-0.1, -0.05) is 46.2 Å². The van der Waals surface area contributed by atoms with Crippen LogP contribution in [0.2, 0.25) is 57.4 Å². The van der Waals surface area contributed by atoms with E-state index < -0.39 is 33.8 Å². The van der Waals surface area contributed by atoms with Crippen LogP contribution in [0.15, 0.2) is 0 Å². The van der Waals surface area contributed by atoms with Crippen LogP contribution in [0.4, 0.5) is 0 Å². The molecule has 13 heteroatoms. The Kier molecular flexibility index (Phi) is 20.0. The number of rotatable bonds is 21. The van der Waals surface area contributed by atoms with Gasteiger partial charge in [-0.25, -0.2) is 0 Å². The molecule has 0 bridgehead atoms. The Bertz CT molecular complexity index is 707. The van der Waals surface area contributed by atoms with E-state index in [4.69, 9.17) is 22.1 Å². The van der Waals surface area contributed by atoms with Gasteiger partial charge in [-0.2, -0.15) is 0 Å². The van der Waals surface area contributed by atoms with Crippen LogP contribution in [0.5, 0.6) is 0 Å². The molecule has 0 aromatic rings. The monoisotopic (exact) mass is 680 g/mol. The SMILES string of the molecule is CCO[Si](CC)(CCCN1CCN([Si](C)(C)C)C1)OCC.CCO[Si](CCCN1CCN([Si](C)(C)C)C1)(OCC)OCC. The molecule has 0 saturated carbocycles. The molecular weight excluding hydrogens is 609 g/mol. The van der Waals surface area contributed by atoms with E-state index in [9.17, 15) is 0 Å². The molecule has 258 valence electrons. The first-order chi connectivity index (χ1) is 20.2. The molecule has 0 atom stereocenters. The highest BCUT2D eigenvalue weighted by Gasteiger charge is 2.40. The van der Waals surface area contributed by atoms with Crippen molar-refractivity contribution in [1.29, 1.82) is 0 Å². The van der Waals surface area contributed by atoms with Crippen molar-refractivity contribution in [1.82, 2.24) is 18.9 Å². The zero-order chi connectivity index (χ0) is 32.6. The lowest BCUT2D eigenvalue weighted by Crippen LogP contribution is -2.47. The van der Waals surface area contributed by atoms with Gasteiger partial charge in [-0.05, 0) is 72.6 Å². The van der Waals surface area contributed by atoms with E-state index >= 15 is 0 Å². The zero-order valence-electron chi connectivity index (χ0n) is 30.6. The normalized spacial score (nSPS) is 18.4. The molecule has 0 N–H and O–H groups in total. The third-order valence-electron chi connectivity index (χ3n) is 8.45. The molecule has 2 aliphatic heterocycles. The van der Waals surface area contributed by atoms with Crippen molar-refractivity contribution in [2.24, 2.45) is 0 Å². The average molecular weight is 681 g/mol. The largest absolute Gasteiger partial charge is 0.500 e. The molecule has 43 heavy (non-hydrogen) atoms. The Labute approximate surface area is 271 Å². The van der Waals surface area contributed by atoms with Gasteiger partial charge in [0.25, 0.3) is 0 Å². The van der Waals surface area contributed by atoms with E-state index in [1.165, 1.54) is 45.8 Å². The van der Waals surface area contributed by atoms with Crippen LogP contribution in [0.25, 0.3) is 0 Å². The van der Waals surface area contributed by atoms with Gasteiger partial charge in [0, 0.05) is 78.6 Å². The molecule has 0 unspecified atom stereocenters. The quantitative estimate of drug-likeness (QED) is 0.133. The molecule has 9 nitrogen and oxygen atoms in total. The van der Waals surface area contributed by atoms with Gasteiger partial charge in [-0.15, -0.1) is 0 Å². The van der Waals surface area contributed by atoms with E-state index in [0.717, 1.165) is 51.0 Å². The number of hydrogen-bond acceptors (Lipinski definition) is 9. The second-order valence-electron chi connectivity index (χ2n) is 13.7. The summed E-state index contributed by atoms with van der Waals surface area (Å²) < 4.78 is 35.2. The second-order valence-corrected chi connectivity index (χ2v) is 30.0. The molecule has 0 spiro atoms. The van der Waals surface area contributed by atoms with Crippen LogP contribution >= 0.6 is 0 Å². The molecule has 0 aliphatic carbocycles. The number of nitrogens with zero attached hydrogens (tertiary/aromatic N) is 4. The molecule has 2 saturated heterocycles. The van der Waals surface area contributed by atoms with Crippen molar-refractivity contribution in [2.45, 2.75) is 112 Å². The van der Waals surface area contributed by atoms with Crippen molar-refractivity contribution in [2.75, 3.05) is 85.6 Å². The fourth-order valence-corrected chi connectivity index (χ4v) is 14.2. The van der Waals surface area contributed by atoms with E-state index in [1.54, 1.807) is 0 Å². The van der Waals surface area contributed by atoms with Crippen molar-refractivity contribution in [3.05, 3.63) is 0 Å². The Balaban J connectivity index is 0.000000430. The minimum atomic E-state index is -2.45. The maximum atomic E-state index is 6.05. The average Bonchev–Trinajstić information content (AvgIpc) is 3.60. The molecule has 0 aromatic carbocycles. The predicted octanol–water partition coefficient (Wildman–Crippen LogP) is 6.16. The lowest BCUT2D eigenvalue weighted by atomic mass is 10.4. The summed E-state index contributed by atoms with van der Waals surface area (Å²) in [6.45, 7) is 40.1. The van der Waals surface area contributed by atoms with Crippen molar-refractivity contribution in [3.8, 4) is 0 Å². The van der Waals surface area contributed by atoms with Gasteiger partial charge < -0.3 is 31.3 Å². The highest BCUT2D eigenvalue weighted by molar-refractivity contribution is 6.73. The van der Waals surface area contributed by atoms with Crippen molar-refractivity contribution < 1.29 is 22.1 Å². The minimum Gasteiger partial charge on any atom is -0.394 e. The van der Waals surface area contributed by atoms with Crippen LogP contribution in [0, 0.1) is 0 Å². The lowest BCUT2D eigenvalue weighted by Gasteiger charge is -2.31. The first-order valence-corrected chi connectivity index (χ1v) is 28.4. The van der Waals surface area contributed by atoms with E-state index in [1.807, 2.05) is 20.8 Å². The summed E-state index contributed by atoms with van der Waals surface area (Å²) in [6, 6.07) is 3.12. The summed E-state index contributed by atoms with van der Waals surface area (Å²) in [7, 11) is -6.66. The number of hydrogen-bond donors (Lipinski definition) is 0. The van der Waals surface area contributed by atoms with E-state index in [2.05, 4.69) is 79.0 Å². The fourth-order valence-electron chi connectivity index (χ4n) is 5.94. The van der Waals surface area contributed by atoms with Crippen LogP contribution < -0.4 is 0 Å². The molecule has 0 radical (unpaired) electrons. The second kappa shape index (κ2) is 20.7. The summed E-state index contributed by atoms with van der Waals surface area (Å²) >= 11 is 0. The highest BCUT2D eigenvalue weighted by Crippen LogP contribution is 2.23. The summed E-state index contributed by atoms with van der Waals surface area (Å²) in [5.74, 6) is 0. The first-order valence-electron chi connectivity index (χ1n) is 17.4. The summed E-state index contributed by atoms with van der Waals surface area (Å²) in [5, 5.41) is 0. The maximum Gasteiger partial charge on any atom is 0.500 e. The van der Waals surface area contributed by atoms with E-state index in [-0.39, 0.29) is 0 Å². The summed E-state index contributed by atoms with van der Waals surface area (Å²) in [4.78, 5) is 5.16. The topological polar surface area (TPSA) is 59.1 Å².